The van der Waals surface area contributed by atoms with Crippen LogP contribution in [0.2, 0.25) is 0 Å². The number of likely N-dealkylation sites (tertiary alicyclic amines) is 1. The first-order chi connectivity index (χ1) is 13.6. The Morgan fingerprint density at radius 2 is 1.82 bits per heavy atom. The van der Waals surface area contributed by atoms with Gasteiger partial charge in [0.2, 0.25) is 0 Å². The highest BCUT2D eigenvalue weighted by Crippen LogP contribution is 2.34. The summed E-state index contributed by atoms with van der Waals surface area (Å²) >= 11 is 0. The normalized spacial score (nSPS) is 14.5. The number of hydrogen-bond donors (Lipinski definition) is 2. The Hall–Kier alpha value is -2.99. The van der Waals surface area contributed by atoms with Crippen molar-refractivity contribution in [1.82, 2.24) is 0 Å². The summed E-state index contributed by atoms with van der Waals surface area (Å²) in [5.74, 6) is 1.36. The Kier molecular flexibility index (Phi) is 4.96. The van der Waals surface area contributed by atoms with Crippen LogP contribution in [0.1, 0.15) is 18.4 Å². The van der Waals surface area contributed by atoms with Gasteiger partial charge in [-0.05, 0) is 36.4 Å². The first-order valence-corrected chi connectivity index (χ1v) is 9.45. The van der Waals surface area contributed by atoms with E-state index >= 15 is 0 Å². The summed E-state index contributed by atoms with van der Waals surface area (Å²) < 4.78 is 16.4. The number of ether oxygens (including phenoxy) is 2. The molecule has 1 aliphatic heterocycles. The number of nitrogens with one attached hydrogen (secondary N) is 1. The van der Waals surface area contributed by atoms with E-state index in [0.29, 0.717) is 40.3 Å². The van der Waals surface area contributed by atoms with Crippen LogP contribution in [0.15, 0.2) is 45.6 Å². The molecule has 1 aliphatic rings. The second-order valence-corrected chi connectivity index (χ2v) is 7.13. The summed E-state index contributed by atoms with van der Waals surface area (Å²) in [6, 6.07) is 10.5. The fourth-order valence-corrected chi connectivity index (χ4v) is 3.92. The largest absolute Gasteiger partial charge is 0.507 e. The van der Waals surface area contributed by atoms with Gasteiger partial charge in [0.05, 0.1) is 38.4 Å². The van der Waals surface area contributed by atoms with Gasteiger partial charge < -0.3 is 23.9 Å². The monoisotopic (exact) mass is 382 g/mol. The zero-order valence-electron chi connectivity index (χ0n) is 16.1. The van der Waals surface area contributed by atoms with Gasteiger partial charge in [-0.2, -0.15) is 0 Å². The number of phenols is 1. The smallest absolute Gasteiger partial charge is 0.344 e. The Labute approximate surface area is 162 Å². The number of fused-ring (bicyclic) bond motifs is 1. The van der Waals surface area contributed by atoms with Crippen molar-refractivity contribution in [3.05, 3.63) is 52.4 Å². The lowest BCUT2D eigenvalue weighted by Gasteiger charge is -2.15. The van der Waals surface area contributed by atoms with Crippen molar-refractivity contribution in [2.75, 3.05) is 27.3 Å². The van der Waals surface area contributed by atoms with Gasteiger partial charge in [-0.3, -0.25) is 0 Å². The number of aromatic hydroxyl groups is 1. The van der Waals surface area contributed by atoms with Gasteiger partial charge in [0.1, 0.15) is 23.8 Å². The molecule has 2 N–H and O–H groups in total. The van der Waals surface area contributed by atoms with Crippen molar-refractivity contribution in [1.29, 1.82) is 0 Å². The first kappa shape index (κ1) is 18.4. The van der Waals surface area contributed by atoms with E-state index in [4.69, 9.17) is 13.9 Å². The molecule has 6 heteroatoms. The van der Waals surface area contributed by atoms with E-state index in [1.165, 1.54) is 17.7 Å². The minimum atomic E-state index is -0.470. The average Bonchev–Trinajstić information content (AvgIpc) is 3.23. The average molecular weight is 382 g/mol. The molecular weight excluding hydrogens is 358 g/mol. The topological polar surface area (TPSA) is 73.3 Å². The predicted molar refractivity (Wildman–Crippen MR) is 106 cm³/mol. The molecule has 6 nitrogen and oxygen atoms in total. The van der Waals surface area contributed by atoms with E-state index in [9.17, 15) is 9.90 Å². The quantitative estimate of drug-likeness (QED) is 0.663. The maximum Gasteiger partial charge on any atom is 0.344 e. The molecule has 0 spiro atoms. The molecule has 4 rings (SSSR count). The molecular formula is C22H24NO5+. The zero-order chi connectivity index (χ0) is 19.7. The van der Waals surface area contributed by atoms with Crippen molar-refractivity contribution in [2.24, 2.45) is 0 Å². The molecule has 1 fully saturated rings. The minimum absolute atomic E-state index is 0.168. The van der Waals surface area contributed by atoms with Crippen LogP contribution in [-0.4, -0.2) is 32.4 Å². The van der Waals surface area contributed by atoms with Crippen LogP contribution in [0.25, 0.3) is 22.1 Å². The number of rotatable bonds is 5. The Morgan fingerprint density at radius 1 is 1.04 bits per heavy atom. The van der Waals surface area contributed by atoms with Crippen LogP contribution >= 0.6 is 0 Å². The Balaban J connectivity index is 1.86. The van der Waals surface area contributed by atoms with Gasteiger partial charge >= 0.3 is 5.63 Å². The van der Waals surface area contributed by atoms with Crippen molar-refractivity contribution in [2.45, 2.75) is 19.4 Å². The number of hydrogen-bond acceptors (Lipinski definition) is 5. The SMILES string of the molecule is COc1ccc(OC)c(-c2cc3ccc(O)c(C[NH+]4CCCC4)c3oc2=O)c1. The lowest BCUT2D eigenvalue weighted by atomic mass is 10.0. The van der Waals surface area contributed by atoms with Crippen LogP contribution in [0.3, 0.4) is 0 Å². The molecule has 146 valence electrons. The fraction of sp³-hybridized carbons (Fsp3) is 0.318. The van der Waals surface area contributed by atoms with Crippen LogP contribution in [-0.2, 0) is 6.54 Å². The van der Waals surface area contributed by atoms with Crippen molar-refractivity contribution in [3.63, 3.8) is 0 Å². The third kappa shape index (κ3) is 3.31. The molecule has 2 aromatic carbocycles. The number of methoxy groups -OCH3 is 2. The minimum Gasteiger partial charge on any atom is -0.507 e. The molecule has 0 aliphatic carbocycles. The highest BCUT2D eigenvalue weighted by molar-refractivity contribution is 5.86. The van der Waals surface area contributed by atoms with Crippen LogP contribution in [0.4, 0.5) is 0 Å². The van der Waals surface area contributed by atoms with E-state index in [-0.39, 0.29) is 5.75 Å². The Morgan fingerprint density at radius 3 is 2.54 bits per heavy atom. The van der Waals surface area contributed by atoms with E-state index in [0.717, 1.165) is 18.5 Å². The molecule has 0 amide bonds. The van der Waals surface area contributed by atoms with Gasteiger partial charge in [0.15, 0.2) is 5.58 Å². The molecule has 0 atom stereocenters. The Bertz CT molecular complexity index is 1070. The van der Waals surface area contributed by atoms with E-state index in [1.54, 1.807) is 50.6 Å². The first-order valence-electron chi connectivity index (χ1n) is 9.45. The molecule has 0 saturated carbocycles. The van der Waals surface area contributed by atoms with Crippen molar-refractivity contribution in [3.8, 4) is 28.4 Å². The van der Waals surface area contributed by atoms with E-state index < -0.39 is 5.63 Å². The summed E-state index contributed by atoms with van der Waals surface area (Å²) in [7, 11) is 3.13. The molecule has 2 heterocycles. The summed E-state index contributed by atoms with van der Waals surface area (Å²) in [5, 5.41) is 11.2. The zero-order valence-corrected chi connectivity index (χ0v) is 16.1. The summed E-state index contributed by atoms with van der Waals surface area (Å²) in [6.45, 7) is 2.78. The maximum atomic E-state index is 12.9. The van der Waals surface area contributed by atoms with Crippen LogP contribution in [0, 0.1) is 0 Å². The third-order valence-corrected chi connectivity index (χ3v) is 5.41. The lowest BCUT2D eigenvalue weighted by molar-refractivity contribution is -0.901. The molecule has 1 aromatic heterocycles. The number of benzene rings is 2. The van der Waals surface area contributed by atoms with E-state index in [2.05, 4.69) is 0 Å². The standard InChI is InChI=1S/C22H23NO5/c1-26-15-6-8-20(27-2)16(12-15)17-11-14-5-7-19(24)18(21(14)28-22(17)25)13-23-9-3-4-10-23/h5-8,11-12,24H,3-4,9-10,13H2,1-2H3/p+1. The number of phenolic OH excluding ortho intramolecular Hbond substituents is 1. The summed E-state index contributed by atoms with van der Waals surface area (Å²) in [5.41, 5.74) is 1.68. The van der Waals surface area contributed by atoms with Gasteiger partial charge in [0.25, 0.3) is 0 Å². The van der Waals surface area contributed by atoms with Crippen LogP contribution < -0.4 is 20.0 Å². The molecule has 3 aromatic rings. The van der Waals surface area contributed by atoms with E-state index in [1.807, 2.05) is 0 Å². The fourth-order valence-electron chi connectivity index (χ4n) is 3.92. The maximum absolute atomic E-state index is 12.9. The van der Waals surface area contributed by atoms with Crippen molar-refractivity contribution >= 4 is 11.0 Å². The second-order valence-electron chi connectivity index (χ2n) is 7.13. The molecule has 1 saturated heterocycles. The van der Waals surface area contributed by atoms with Gasteiger partial charge in [-0.1, -0.05) is 0 Å². The van der Waals surface area contributed by atoms with Gasteiger partial charge in [-0.15, -0.1) is 0 Å². The number of quaternary nitrogens is 1. The summed E-state index contributed by atoms with van der Waals surface area (Å²) in [4.78, 5) is 14.2. The lowest BCUT2D eigenvalue weighted by Crippen LogP contribution is -3.08. The predicted octanol–water partition coefficient (Wildman–Crippen LogP) is 2.36. The molecule has 0 radical (unpaired) electrons. The highest BCUT2D eigenvalue weighted by Gasteiger charge is 2.22. The molecule has 0 bridgehead atoms. The van der Waals surface area contributed by atoms with Gasteiger partial charge in [0, 0.05) is 23.8 Å². The molecule has 28 heavy (non-hydrogen) atoms. The summed E-state index contributed by atoms with van der Waals surface area (Å²) in [6.07, 6.45) is 2.37. The second kappa shape index (κ2) is 7.56. The van der Waals surface area contributed by atoms with Gasteiger partial charge in [-0.25, -0.2) is 4.79 Å². The molecule has 0 unspecified atom stereocenters. The van der Waals surface area contributed by atoms with Crippen LogP contribution in [0.5, 0.6) is 17.2 Å². The third-order valence-electron chi connectivity index (χ3n) is 5.41. The highest BCUT2D eigenvalue weighted by atomic mass is 16.5. The van der Waals surface area contributed by atoms with Crippen molar-refractivity contribution < 1.29 is 23.9 Å².